The lowest BCUT2D eigenvalue weighted by Crippen LogP contribution is -2.40. The molecule has 2 aromatic rings. The van der Waals surface area contributed by atoms with Crippen LogP contribution < -0.4 is 19.7 Å². The molecule has 1 amide bonds. The predicted octanol–water partition coefficient (Wildman–Crippen LogP) is 4.84. The molecule has 9 nitrogen and oxygen atoms in total. The number of carbonyl (C=O) groups excluding carboxylic acids is 1. The summed E-state index contributed by atoms with van der Waals surface area (Å²) < 4.78 is 83.0. The normalized spacial score (nSPS) is 15.2. The van der Waals surface area contributed by atoms with Crippen LogP contribution in [0.2, 0.25) is 0 Å². The van der Waals surface area contributed by atoms with E-state index in [4.69, 9.17) is 0 Å². The van der Waals surface area contributed by atoms with Gasteiger partial charge in [0.05, 0.1) is 21.0 Å². The van der Waals surface area contributed by atoms with Crippen molar-refractivity contribution in [3.05, 3.63) is 59.7 Å². The van der Waals surface area contributed by atoms with Crippen molar-refractivity contribution in [1.29, 1.82) is 0 Å². The van der Waals surface area contributed by atoms with Gasteiger partial charge in [-0.1, -0.05) is 6.07 Å². The highest BCUT2D eigenvalue weighted by atomic mass is 32.2. The monoisotopic (exact) mass is 598 g/mol. The van der Waals surface area contributed by atoms with Crippen molar-refractivity contribution in [2.24, 2.45) is 0 Å². The van der Waals surface area contributed by atoms with E-state index in [1.54, 1.807) is 46.4 Å². The molecular weight excluding hydrogens is 562 g/mol. The Bertz CT molecular complexity index is 1510. The molecule has 0 unspecified atom stereocenters. The van der Waals surface area contributed by atoms with E-state index in [1.165, 1.54) is 42.5 Å². The Labute approximate surface area is 235 Å². The molecule has 3 rings (SSSR count). The number of hydrogen-bond donors (Lipinski definition) is 3. The van der Waals surface area contributed by atoms with Crippen molar-refractivity contribution in [1.82, 2.24) is 9.44 Å². The number of benzene rings is 2. The Morgan fingerprint density at radius 2 is 1.32 bits per heavy atom. The van der Waals surface area contributed by atoms with Crippen molar-refractivity contribution < 1.29 is 30.4 Å². The first-order valence-electron chi connectivity index (χ1n) is 12.7. The van der Waals surface area contributed by atoms with Crippen molar-refractivity contribution in [2.75, 3.05) is 23.3 Å². The molecular formula is C27H36F2N4O5S2. The highest BCUT2D eigenvalue weighted by Crippen LogP contribution is 2.31. The zero-order chi connectivity index (χ0) is 30.1. The zero-order valence-electron chi connectivity index (χ0n) is 23.4. The molecule has 0 saturated carbocycles. The number of rotatable bonds is 7. The molecule has 40 heavy (non-hydrogen) atoms. The molecule has 13 heteroatoms. The van der Waals surface area contributed by atoms with E-state index in [-0.39, 0.29) is 58.2 Å². The SMILES string of the molecule is CC(C)(C)NS(=O)(=O)c1cccc(NC(=O)c2ccc(S(=O)(=O)NC(C)(C)C)cc2N2CCC(=C(F)F)CC2)c1. The fourth-order valence-corrected chi connectivity index (χ4v) is 7.10. The van der Waals surface area contributed by atoms with Crippen LogP contribution in [0.3, 0.4) is 0 Å². The summed E-state index contributed by atoms with van der Waals surface area (Å²) >= 11 is 0. The number of sulfonamides is 2. The Kier molecular flexibility index (Phi) is 9.14. The topological polar surface area (TPSA) is 125 Å². The van der Waals surface area contributed by atoms with Crippen molar-refractivity contribution in [3.8, 4) is 0 Å². The molecule has 1 saturated heterocycles. The smallest absolute Gasteiger partial charge is 0.269 e. The highest BCUT2D eigenvalue weighted by molar-refractivity contribution is 7.89. The number of anilines is 2. The maximum absolute atomic E-state index is 13.4. The largest absolute Gasteiger partial charge is 0.370 e. The van der Waals surface area contributed by atoms with Crippen molar-refractivity contribution >= 4 is 37.3 Å². The van der Waals surface area contributed by atoms with Gasteiger partial charge in [0, 0.05) is 29.9 Å². The summed E-state index contributed by atoms with van der Waals surface area (Å²) in [6.45, 7) is 10.5. The molecule has 1 aliphatic heterocycles. The van der Waals surface area contributed by atoms with Crippen LogP contribution in [-0.2, 0) is 20.0 Å². The minimum Gasteiger partial charge on any atom is -0.370 e. The molecule has 0 radical (unpaired) electrons. The first kappa shape index (κ1) is 31.7. The van der Waals surface area contributed by atoms with Crippen LogP contribution in [0.15, 0.2) is 63.9 Å². The molecule has 0 spiro atoms. The van der Waals surface area contributed by atoms with Gasteiger partial charge in [0.15, 0.2) is 0 Å². The summed E-state index contributed by atoms with van der Waals surface area (Å²) in [6.07, 6.45) is -1.58. The molecule has 220 valence electrons. The third-order valence-corrected chi connectivity index (χ3v) is 9.29. The summed E-state index contributed by atoms with van der Waals surface area (Å²) in [4.78, 5) is 15.0. The summed E-state index contributed by atoms with van der Waals surface area (Å²) in [7, 11) is -7.82. The first-order chi connectivity index (χ1) is 18.3. The standard InChI is InChI=1S/C27H36F2N4O5S2/c1-26(2,3)31-39(35,36)20-9-7-8-19(16-20)30-25(34)22-11-10-21(40(37,38)32-27(4,5)6)17-23(22)33-14-12-18(13-15-33)24(28)29/h7-11,16-17,31-32H,12-15H2,1-6H3,(H,30,34). The van der Waals surface area contributed by atoms with Gasteiger partial charge in [-0.05, 0) is 96.4 Å². The van der Waals surface area contributed by atoms with Gasteiger partial charge in [-0.15, -0.1) is 0 Å². The van der Waals surface area contributed by atoms with E-state index in [0.717, 1.165) is 0 Å². The Hall–Kier alpha value is -2.87. The lowest BCUT2D eigenvalue weighted by atomic mass is 10.0. The third-order valence-electron chi connectivity index (χ3n) is 5.78. The summed E-state index contributed by atoms with van der Waals surface area (Å²) in [5.41, 5.74) is -0.851. The van der Waals surface area contributed by atoms with Gasteiger partial charge >= 0.3 is 0 Å². The van der Waals surface area contributed by atoms with Gasteiger partial charge in [0.25, 0.3) is 12.0 Å². The summed E-state index contributed by atoms with van der Waals surface area (Å²) in [6, 6.07) is 9.77. The van der Waals surface area contributed by atoms with Crippen LogP contribution in [0, 0.1) is 0 Å². The van der Waals surface area contributed by atoms with Crippen LogP contribution in [0.4, 0.5) is 20.2 Å². The molecule has 0 aliphatic carbocycles. The molecule has 1 fully saturated rings. The van der Waals surface area contributed by atoms with Gasteiger partial charge in [0.2, 0.25) is 20.0 Å². The fraction of sp³-hybridized carbons (Fsp3) is 0.444. The maximum atomic E-state index is 13.4. The number of nitrogens with one attached hydrogen (secondary N) is 3. The number of nitrogens with zero attached hydrogens (tertiary/aromatic N) is 1. The molecule has 1 aliphatic rings. The summed E-state index contributed by atoms with van der Waals surface area (Å²) in [5.74, 6) is -0.612. The van der Waals surface area contributed by atoms with Crippen LogP contribution in [0.1, 0.15) is 64.7 Å². The number of halogens is 2. The van der Waals surface area contributed by atoms with Gasteiger partial charge in [-0.25, -0.2) is 26.3 Å². The molecule has 3 N–H and O–H groups in total. The average Bonchev–Trinajstić information content (AvgIpc) is 2.81. The second-order valence-electron chi connectivity index (χ2n) is 11.7. The zero-order valence-corrected chi connectivity index (χ0v) is 25.1. The van der Waals surface area contributed by atoms with Crippen LogP contribution in [-0.4, -0.2) is 46.9 Å². The van der Waals surface area contributed by atoms with Crippen molar-refractivity contribution in [3.63, 3.8) is 0 Å². The van der Waals surface area contributed by atoms with Gasteiger partial charge in [0.1, 0.15) is 0 Å². The highest BCUT2D eigenvalue weighted by Gasteiger charge is 2.28. The molecule has 1 heterocycles. The van der Waals surface area contributed by atoms with Gasteiger partial charge in [-0.3, -0.25) is 4.79 Å². The first-order valence-corrected chi connectivity index (χ1v) is 15.7. The second-order valence-corrected chi connectivity index (χ2v) is 15.1. The van der Waals surface area contributed by atoms with Crippen LogP contribution in [0.5, 0.6) is 0 Å². The van der Waals surface area contributed by atoms with E-state index < -0.39 is 43.1 Å². The number of hydrogen-bond acceptors (Lipinski definition) is 6. The molecule has 0 aromatic heterocycles. The van der Waals surface area contributed by atoms with Gasteiger partial charge < -0.3 is 10.2 Å². The predicted molar refractivity (Wildman–Crippen MR) is 152 cm³/mol. The van der Waals surface area contributed by atoms with E-state index in [1.807, 2.05) is 0 Å². The number of piperidine rings is 1. The van der Waals surface area contributed by atoms with E-state index in [9.17, 15) is 30.4 Å². The van der Waals surface area contributed by atoms with Crippen molar-refractivity contribution in [2.45, 2.75) is 75.3 Å². The minimum absolute atomic E-state index is 0.0299. The van der Waals surface area contributed by atoms with E-state index >= 15 is 0 Å². The minimum atomic E-state index is -3.95. The van der Waals surface area contributed by atoms with Gasteiger partial charge in [-0.2, -0.15) is 8.78 Å². The third kappa shape index (κ3) is 8.32. The van der Waals surface area contributed by atoms with E-state index in [2.05, 4.69) is 14.8 Å². The number of carbonyl (C=O) groups is 1. The Morgan fingerprint density at radius 3 is 1.82 bits per heavy atom. The average molecular weight is 599 g/mol. The van der Waals surface area contributed by atoms with Crippen LogP contribution in [0.25, 0.3) is 0 Å². The lowest BCUT2D eigenvalue weighted by Gasteiger charge is -2.32. The van der Waals surface area contributed by atoms with Crippen LogP contribution >= 0.6 is 0 Å². The van der Waals surface area contributed by atoms with E-state index in [0.29, 0.717) is 0 Å². The Morgan fingerprint density at radius 1 is 0.800 bits per heavy atom. The molecule has 2 aromatic carbocycles. The second kappa shape index (κ2) is 11.6. The molecule has 0 bridgehead atoms. The quantitative estimate of drug-likeness (QED) is 0.419. The fourth-order valence-electron chi connectivity index (χ4n) is 4.20. The maximum Gasteiger partial charge on any atom is 0.269 e. The lowest BCUT2D eigenvalue weighted by molar-refractivity contribution is 0.102. The molecule has 0 atom stereocenters. The summed E-state index contributed by atoms with van der Waals surface area (Å²) in [5, 5.41) is 2.68. The number of amides is 1. The Balaban J connectivity index is 1.99.